The summed E-state index contributed by atoms with van der Waals surface area (Å²) in [6.07, 6.45) is 2.02. The first-order valence-corrected chi connectivity index (χ1v) is 12.4. The highest BCUT2D eigenvalue weighted by molar-refractivity contribution is 6.03. The lowest BCUT2D eigenvalue weighted by Gasteiger charge is -2.21. The minimum Gasteiger partial charge on any atom is -0.497 e. The fourth-order valence-corrected chi connectivity index (χ4v) is 4.55. The number of amides is 1. The smallest absolute Gasteiger partial charge is 0.303 e. The van der Waals surface area contributed by atoms with Crippen molar-refractivity contribution >= 4 is 17.6 Å². The Balaban J connectivity index is 1.60. The first-order chi connectivity index (χ1) is 18.4. The third-order valence-electron chi connectivity index (χ3n) is 6.59. The minimum absolute atomic E-state index is 0.138. The van der Waals surface area contributed by atoms with E-state index in [4.69, 9.17) is 14.9 Å². The Labute approximate surface area is 220 Å². The first-order valence-electron chi connectivity index (χ1n) is 12.4. The van der Waals surface area contributed by atoms with E-state index in [9.17, 15) is 14.7 Å². The van der Waals surface area contributed by atoms with Gasteiger partial charge in [-0.2, -0.15) is 10.2 Å². The quantitative estimate of drug-likeness (QED) is 0.344. The summed E-state index contributed by atoms with van der Waals surface area (Å²) in [7, 11) is 1.62. The molecule has 1 amide bonds. The molecule has 1 unspecified atom stereocenters. The highest BCUT2D eigenvalue weighted by Gasteiger charge is 2.36. The van der Waals surface area contributed by atoms with E-state index in [1.165, 1.54) is 5.01 Å². The minimum atomic E-state index is -1.02. The number of hydrazone groups is 1. The summed E-state index contributed by atoms with van der Waals surface area (Å²) in [5.74, 6) is -0.630. The zero-order chi connectivity index (χ0) is 26.6. The number of aryl methyl sites for hydroxylation is 1. The predicted octanol–water partition coefficient (Wildman–Crippen LogP) is 5.40. The zero-order valence-corrected chi connectivity index (χ0v) is 21.2. The van der Waals surface area contributed by atoms with Crippen LogP contribution in [0.25, 0.3) is 16.9 Å². The summed E-state index contributed by atoms with van der Waals surface area (Å²) in [6, 6.07) is 25.0. The Kier molecular flexibility index (Phi) is 7.04. The largest absolute Gasteiger partial charge is 0.497 e. The molecule has 8 heteroatoms. The predicted molar refractivity (Wildman–Crippen MR) is 144 cm³/mol. The topological polar surface area (TPSA) is 97.0 Å². The summed E-state index contributed by atoms with van der Waals surface area (Å²) >= 11 is 0. The zero-order valence-electron chi connectivity index (χ0n) is 21.2. The number of nitrogens with zero attached hydrogens (tertiary/aromatic N) is 4. The number of para-hydroxylation sites is 1. The van der Waals surface area contributed by atoms with Crippen LogP contribution in [-0.2, 0) is 9.59 Å². The number of benzene rings is 3. The maximum atomic E-state index is 13.3. The Morgan fingerprint density at radius 3 is 2.29 bits per heavy atom. The molecule has 3 aromatic carbocycles. The number of aromatic nitrogens is 2. The molecule has 8 nitrogen and oxygen atoms in total. The van der Waals surface area contributed by atoms with E-state index in [0.717, 1.165) is 45.1 Å². The van der Waals surface area contributed by atoms with Crippen molar-refractivity contribution in [2.24, 2.45) is 5.10 Å². The maximum absolute atomic E-state index is 13.3. The van der Waals surface area contributed by atoms with Crippen molar-refractivity contribution in [3.8, 4) is 22.7 Å². The molecule has 38 heavy (non-hydrogen) atoms. The van der Waals surface area contributed by atoms with Gasteiger partial charge in [-0.25, -0.2) is 9.69 Å². The number of hydrogen-bond donors (Lipinski definition) is 1. The Bertz CT molecular complexity index is 1480. The molecule has 1 N–H and O–H groups in total. The van der Waals surface area contributed by atoms with Crippen LogP contribution in [0, 0.1) is 6.92 Å². The molecule has 2 heterocycles. The molecule has 0 saturated heterocycles. The van der Waals surface area contributed by atoms with Gasteiger partial charge in [-0.3, -0.25) is 9.59 Å². The van der Waals surface area contributed by atoms with Crippen molar-refractivity contribution in [3.05, 3.63) is 102 Å². The molecule has 0 saturated carbocycles. The van der Waals surface area contributed by atoms with Crippen LogP contribution in [0.2, 0.25) is 0 Å². The van der Waals surface area contributed by atoms with Gasteiger partial charge in [0, 0.05) is 30.2 Å². The van der Waals surface area contributed by atoms with E-state index in [1.54, 1.807) is 11.8 Å². The van der Waals surface area contributed by atoms with Crippen molar-refractivity contribution in [3.63, 3.8) is 0 Å². The van der Waals surface area contributed by atoms with Crippen LogP contribution in [0.1, 0.15) is 42.0 Å². The van der Waals surface area contributed by atoms with Crippen LogP contribution in [0.5, 0.6) is 5.75 Å². The van der Waals surface area contributed by atoms with E-state index < -0.39 is 12.0 Å². The van der Waals surface area contributed by atoms with Crippen molar-refractivity contribution in [1.82, 2.24) is 14.8 Å². The van der Waals surface area contributed by atoms with E-state index >= 15 is 0 Å². The molecule has 0 radical (unpaired) electrons. The average Bonchev–Trinajstić information content (AvgIpc) is 3.58. The Morgan fingerprint density at radius 1 is 0.947 bits per heavy atom. The molecule has 0 aliphatic carbocycles. The third-order valence-corrected chi connectivity index (χ3v) is 6.59. The Morgan fingerprint density at radius 2 is 1.63 bits per heavy atom. The van der Waals surface area contributed by atoms with E-state index in [0.29, 0.717) is 6.42 Å². The second-order valence-corrected chi connectivity index (χ2v) is 9.21. The van der Waals surface area contributed by atoms with Gasteiger partial charge in [-0.05, 0) is 48.9 Å². The van der Waals surface area contributed by atoms with Crippen molar-refractivity contribution in [2.75, 3.05) is 7.11 Å². The van der Waals surface area contributed by atoms with Crippen LogP contribution < -0.4 is 4.74 Å². The SMILES string of the molecule is COc1ccc(-c2nn(-c3ccccc3)cc2C2CC(c3ccc(C)cc3)=NN2C(=O)CCC(=O)O)cc1. The van der Waals surface area contributed by atoms with Crippen LogP contribution >= 0.6 is 0 Å². The molecule has 0 bridgehead atoms. The summed E-state index contributed by atoms with van der Waals surface area (Å²) in [6.45, 7) is 2.02. The van der Waals surface area contributed by atoms with Crippen molar-refractivity contribution in [1.29, 1.82) is 0 Å². The van der Waals surface area contributed by atoms with Gasteiger partial charge in [0.2, 0.25) is 5.91 Å². The lowest BCUT2D eigenvalue weighted by Crippen LogP contribution is -2.27. The highest BCUT2D eigenvalue weighted by atomic mass is 16.5. The summed E-state index contributed by atoms with van der Waals surface area (Å²) in [4.78, 5) is 24.5. The maximum Gasteiger partial charge on any atom is 0.303 e. The summed E-state index contributed by atoms with van der Waals surface area (Å²) < 4.78 is 7.14. The molecule has 1 atom stereocenters. The van der Waals surface area contributed by atoms with Gasteiger partial charge in [0.1, 0.15) is 5.75 Å². The van der Waals surface area contributed by atoms with Gasteiger partial charge >= 0.3 is 5.97 Å². The molecule has 1 aliphatic heterocycles. The molecule has 1 aliphatic rings. The fourth-order valence-electron chi connectivity index (χ4n) is 4.55. The average molecular weight is 509 g/mol. The third kappa shape index (κ3) is 5.20. The van der Waals surface area contributed by atoms with Gasteiger partial charge in [-0.15, -0.1) is 0 Å². The fraction of sp³-hybridized carbons (Fsp3) is 0.200. The number of methoxy groups -OCH3 is 1. The normalized spacial score (nSPS) is 14.8. The second-order valence-electron chi connectivity index (χ2n) is 9.21. The lowest BCUT2D eigenvalue weighted by atomic mass is 9.96. The summed E-state index contributed by atoms with van der Waals surface area (Å²) in [5, 5.41) is 20.3. The monoisotopic (exact) mass is 508 g/mol. The van der Waals surface area contributed by atoms with Crippen LogP contribution in [-0.4, -0.2) is 44.6 Å². The standard InChI is InChI=1S/C30H28N4O4/c1-20-8-10-21(11-9-20)26-18-27(34(31-26)28(35)16-17-29(36)37)25-19-33(23-6-4-3-5-7-23)32-30(25)22-12-14-24(38-2)15-13-22/h3-15,19,27H,16-18H2,1-2H3,(H,36,37). The first kappa shape index (κ1) is 25.0. The second kappa shape index (κ2) is 10.7. The van der Waals surface area contributed by atoms with Crippen LogP contribution in [0.3, 0.4) is 0 Å². The van der Waals surface area contributed by atoms with Gasteiger partial charge in [0.05, 0.1) is 36.7 Å². The molecule has 5 rings (SSSR count). The Hall–Kier alpha value is -4.72. The number of rotatable bonds is 8. The number of hydrogen-bond acceptors (Lipinski definition) is 5. The van der Waals surface area contributed by atoms with Crippen LogP contribution in [0.4, 0.5) is 0 Å². The van der Waals surface area contributed by atoms with Gasteiger partial charge in [0.15, 0.2) is 0 Å². The number of aliphatic carboxylic acids is 1. The summed E-state index contributed by atoms with van der Waals surface area (Å²) in [5.41, 5.74) is 6.13. The number of carbonyl (C=O) groups excluding carboxylic acids is 1. The van der Waals surface area contributed by atoms with E-state index in [1.807, 2.05) is 92.0 Å². The van der Waals surface area contributed by atoms with Gasteiger partial charge in [-0.1, -0.05) is 48.0 Å². The lowest BCUT2D eigenvalue weighted by molar-refractivity contribution is -0.141. The molecule has 0 fully saturated rings. The highest BCUT2D eigenvalue weighted by Crippen LogP contribution is 2.39. The number of carboxylic acid groups (broad SMARTS) is 1. The van der Waals surface area contributed by atoms with Crippen molar-refractivity contribution < 1.29 is 19.4 Å². The molecule has 0 spiro atoms. The van der Waals surface area contributed by atoms with Crippen molar-refractivity contribution in [2.45, 2.75) is 32.2 Å². The van der Waals surface area contributed by atoms with Gasteiger partial charge in [0.25, 0.3) is 0 Å². The molecule has 4 aromatic rings. The molecular formula is C30H28N4O4. The number of carboxylic acids is 1. The van der Waals surface area contributed by atoms with Gasteiger partial charge < -0.3 is 9.84 Å². The molecular weight excluding hydrogens is 480 g/mol. The number of carbonyl (C=O) groups is 2. The molecule has 192 valence electrons. The number of ether oxygens (including phenoxy) is 1. The van der Waals surface area contributed by atoms with E-state index in [-0.39, 0.29) is 18.7 Å². The van der Waals surface area contributed by atoms with Crippen LogP contribution in [0.15, 0.2) is 90.2 Å². The van der Waals surface area contributed by atoms with E-state index in [2.05, 4.69) is 0 Å². The molecule has 1 aromatic heterocycles.